The van der Waals surface area contributed by atoms with Gasteiger partial charge in [-0.15, -0.1) is 0 Å². The minimum absolute atomic E-state index is 0.00181. The third-order valence-corrected chi connectivity index (χ3v) is 3.36. The van der Waals surface area contributed by atoms with Crippen LogP contribution in [0.5, 0.6) is 0 Å². The molecule has 0 aromatic rings. The number of fused-ring (bicyclic) bond motifs is 1. The van der Waals surface area contributed by atoms with Crippen LogP contribution >= 0.6 is 11.8 Å². The SMILES string of the molecule is CCOC(=O)C1=C(C)N=C2SCC(=O)N2C1. The Kier molecular flexibility index (Phi) is 3.00. The summed E-state index contributed by atoms with van der Waals surface area (Å²) in [6, 6.07) is 0. The molecule has 2 aliphatic rings. The van der Waals surface area contributed by atoms with E-state index in [1.54, 1.807) is 13.8 Å². The molecule has 2 aliphatic heterocycles. The number of ether oxygens (including phenoxy) is 1. The van der Waals surface area contributed by atoms with Gasteiger partial charge in [-0.2, -0.15) is 0 Å². The highest BCUT2D eigenvalue weighted by Crippen LogP contribution is 2.27. The molecule has 16 heavy (non-hydrogen) atoms. The van der Waals surface area contributed by atoms with Gasteiger partial charge in [0.05, 0.1) is 30.2 Å². The van der Waals surface area contributed by atoms with E-state index in [1.165, 1.54) is 16.7 Å². The molecule has 0 aliphatic carbocycles. The minimum Gasteiger partial charge on any atom is -0.463 e. The second-order valence-corrected chi connectivity index (χ2v) is 4.39. The molecule has 2 heterocycles. The maximum absolute atomic E-state index is 11.6. The van der Waals surface area contributed by atoms with E-state index in [4.69, 9.17) is 4.74 Å². The number of hydrogen-bond donors (Lipinski definition) is 0. The van der Waals surface area contributed by atoms with Crippen LogP contribution in [0.2, 0.25) is 0 Å². The van der Waals surface area contributed by atoms with Gasteiger partial charge >= 0.3 is 5.97 Å². The van der Waals surface area contributed by atoms with Crippen LogP contribution in [-0.4, -0.2) is 40.8 Å². The molecule has 1 saturated heterocycles. The van der Waals surface area contributed by atoms with E-state index in [1.807, 2.05) is 0 Å². The molecule has 0 unspecified atom stereocenters. The summed E-state index contributed by atoms with van der Waals surface area (Å²) in [6.07, 6.45) is 0. The standard InChI is InChI=1S/C10H12N2O3S/c1-3-15-9(14)7-4-12-8(13)5-16-10(12)11-6(7)2/h3-5H2,1-2H3. The molecule has 0 atom stereocenters. The monoisotopic (exact) mass is 240 g/mol. The van der Waals surface area contributed by atoms with E-state index in [0.717, 1.165) is 0 Å². The minimum atomic E-state index is -0.382. The molecule has 6 heteroatoms. The molecule has 2 rings (SSSR count). The molecule has 86 valence electrons. The van der Waals surface area contributed by atoms with Crippen molar-refractivity contribution in [3.63, 3.8) is 0 Å². The van der Waals surface area contributed by atoms with E-state index in [0.29, 0.717) is 28.8 Å². The fraction of sp³-hybridized carbons (Fsp3) is 0.500. The predicted molar refractivity (Wildman–Crippen MR) is 60.9 cm³/mol. The Labute approximate surface area is 97.5 Å². The summed E-state index contributed by atoms with van der Waals surface area (Å²) in [6.45, 7) is 4.13. The molecule has 0 saturated carbocycles. The third kappa shape index (κ3) is 1.84. The average molecular weight is 240 g/mol. The molecule has 1 fully saturated rings. The number of carbonyl (C=O) groups is 2. The van der Waals surface area contributed by atoms with Crippen LogP contribution in [-0.2, 0) is 14.3 Å². The number of nitrogens with zero attached hydrogens (tertiary/aromatic N) is 2. The van der Waals surface area contributed by atoms with Crippen LogP contribution in [0.4, 0.5) is 0 Å². The lowest BCUT2D eigenvalue weighted by Gasteiger charge is -2.22. The smallest absolute Gasteiger partial charge is 0.337 e. The van der Waals surface area contributed by atoms with Gasteiger partial charge in [0.2, 0.25) is 5.91 Å². The van der Waals surface area contributed by atoms with E-state index >= 15 is 0 Å². The molecule has 0 bridgehead atoms. The fourth-order valence-electron chi connectivity index (χ4n) is 1.55. The van der Waals surface area contributed by atoms with Gasteiger partial charge in [0.25, 0.3) is 0 Å². The lowest BCUT2D eigenvalue weighted by molar-refractivity contribution is -0.138. The number of amidine groups is 1. The largest absolute Gasteiger partial charge is 0.463 e. The fourth-order valence-corrected chi connectivity index (χ4v) is 2.48. The Morgan fingerprint density at radius 3 is 3.06 bits per heavy atom. The zero-order valence-electron chi connectivity index (χ0n) is 9.15. The first-order valence-corrected chi connectivity index (χ1v) is 6.00. The number of allylic oxidation sites excluding steroid dienone is 1. The van der Waals surface area contributed by atoms with Crippen molar-refractivity contribution in [3.05, 3.63) is 11.3 Å². The van der Waals surface area contributed by atoms with Crippen LogP contribution < -0.4 is 0 Å². The van der Waals surface area contributed by atoms with Gasteiger partial charge < -0.3 is 4.74 Å². The second-order valence-electron chi connectivity index (χ2n) is 3.45. The maximum atomic E-state index is 11.6. The first-order chi connectivity index (χ1) is 7.63. The molecular weight excluding hydrogens is 228 g/mol. The average Bonchev–Trinajstić information content (AvgIpc) is 2.59. The van der Waals surface area contributed by atoms with Crippen molar-refractivity contribution in [2.24, 2.45) is 4.99 Å². The lowest BCUT2D eigenvalue weighted by atomic mass is 10.2. The third-order valence-electron chi connectivity index (χ3n) is 2.39. The summed E-state index contributed by atoms with van der Waals surface area (Å²) in [7, 11) is 0. The zero-order chi connectivity index (χ0) is 11.7. The summed E-state index contributed by atoms with van der Waals surface area (Å²) >= 11 is 1.41. The van der Waals surface area contributed by atoms with Gasteiger partial charge in [-0.3, -0.25) is 9.69 Å². The van der Waals surface area contributed by atoms with Crippen molar-refractivity contribution in [1.82, 2.24) is 4.90 Å². The van der Waals surface area contributed by atoms with Crippen molar-refractivity contribution in [2.45, 2.75) is 13.8 Å². The van der Waals surface area contributed by atoms with Crippen molar-refractivity contribution in [2.75, 3.05) is 18.9 Å². The first kappa shape index (κ1) is 11.2. The second kappa shape index (κ2) is 4.29. The summed E-state index contributed by atoms with van der Waals surface area (Å²) < 4.78 is 4.92. The number of rotatable bonds is 2. The molecular formula is C10H12N2O3S. The Hall–Kier alpha value is -1.30. The van der Waals surface area contributed by atoms with Crippen LogP contribution in [0.1, 0.15) is 13.8 Å². The summed E-state index contributed by atoms with van der Waals surface area (Å²) in [4.78, 5) is 28.9. The van der Waals surface area contributed by atoms with E-state index in [2.05, 4.69) is 4.99 Å². The van der Waals surface area contributed by atoms with Crippen LogP contribution in [0.3, 0.4) is 0 Å². The Balaban J connectivity index is 2.24. The van der Waals surface area contributed by atoms with Gasteiger partial charge in [0.1, 0.15) is 0 Å². The van der Waals surface area contributed by atoms with Gasteiger partial charge in [-0.05, 0) is 13.8 Å². The van der Waals surface area contributed by atoms with Crippen molar-refractivity contribution >= 4 is 28.8 Å². The quantitative estimate of drug-likeness (QED) is 0.669. The Bertz CT molecular complexity index is 414. The number of amides is 1. The van der Waals surface area contributed by atoms with Crippen molar-refractivity contribution in [3.8, 4) is 0 Å². The van der Waals surface area contributed by atoms with E-state index in [-0.39, 0.29) is 18.4 Å². The first-order valence-electron chi connectivity index (χ1n) is 5.02. The lowest BCUT2D eigenvalue weighted by Crippen LogP contribution is -2.36. The van der Waals surface area contributed by atoms with Gasteiger partial charge in [-0.25, -0.2) is 9.79 Å². The topological polar surface area (TPSA) is 59.0 Å². The number of hydrogen-bond acceptors (Lipinski definition) is 5. The highest BCUT2D eigenvalue weighted by atomic mass is 32.2. The van der Waals surface area contributed by atoms with Crippen LogP contribution in [0.15, 0.2) is 16.3 Å². The van der Waals surface area contributed by atoms with Crippen LogP contribution in [0, 0.1) is 0 Å². The molecule has 0 aromatic carbocycles. The molecule has 0 radical (unpaired) electrons. The molecule has 0 spiro atoms. The highest BCUT2D eigenvalue weighted by molar-refractivity contribution is 8.15. The van der Waals surface area contributed by atoms with Crippen LogP contribution in [0.25, 0.3) is 0 Å². The van der Waals surface area contributed by atoms with Crippen molar-refractivity contribution < 1.29 is 14.3 Å². The van der Waals surface area contributed by atoms with E-state index < -0.39 is 0 Å². The number of esters is 1. The summed E-state index contributed by atoms with van der Waals surface area (Å²) in [5, 5.41) is 0.690. The summed E-state index contributed by atoms with van der Waals surface area (Å²) in [5.41, 5.74) is 1.12. The van der Waals surface area contributed by atoms with Gasteiger partial charge in [0.15, 0.2) is 5.17 Å². The highest BCUT2D eigenvalue weighted by Gasteiger charge is 2.34. The Morgan fingerprint density at radius 1 is 1.62 bits per heavy atom. The Morgan fingerprint density at radius 2 is 2.38 bits per heavy atom. The zero-order valence-corrected chi connectivity index (χ0v) is 9.97. The molecule has 1 amide bonds. The molecule has 0 aromatic heterocycles. The van der Waals surface area contributed by atoms with E-state index in [9.17, 15) is 9.59 Å². The maximum Gasteiger partial charge on any atom is 0.337 e. The van der Waals surface area contributed by atoms with Gasteiger partial charge in [-0.1, -0.05) is 11.8 Å². The van der Waals surface area contributed by atoms with Gasteiger partial charge in [0, 0.05) is 0 Å². The number of carbonyl (C=O) groups excluding carboxylic acids is 2. The number of aliphatic imine (C=N–C) groups is 1. The molecule has 0 N–H and O–H groups in total. The van der Waals surface area contributed by atoms with Crippen molar-refractivity contribution in [1.29, 1.82) is 0 Å². The number of thioether (sulfide) groups is 1. The summed E-state index contributed by atoms with van der Waals surface area (Å²) in [5.74, 6) is 0.0212. The predicted octanol–water partition coefficient (Wildman–Crippen LogP) is 0.769. The molecule has 5 nitrogen and oxygen atoms in total. The normalized spacial score (nSPS) is 19.8.